The number of rotatable bonds is 8. The Balaban J connectivity index is 0.000000223. The van der Waals surface area contributed by atoms with Crippen LogP contribution in [-0.2, 0) is 0 Å². The zero-order valence-corrected chi connectivity index (χ0v) is 22.3. The van der Waals surface area contributed by atoms with Gasteiger partial charge in [0, 0.05) is 23.8 Å². The lowest BCUT2D eigenvalue weighted by molar-refractivity contribution is 0.394. The Bertz CT molecular complexity index is 1380. The lowest BCUT2D eigenvalue weighted by atomic mass is 10.1. The number of aromatic hydroxyl groups is 3. The Labute approximate surface area is 228 Å². The summed E-state index contributed by atoms with van der Waals surface area (Å²) in [6, 6.07) is 22.5. The fourth-order valence-electron chi connectivity index (χ4n) is 3.56. The Morgan fingerprint density at radius 3 is 1.54 bits per heavy atom. The average molecular weight is 529 g/mol. The van der Waals surface area contributed by atoms with Crippen LogP contribution in [0.5, 0.6) is 40.2 Å². The minimum atomic E-state index is 0.0235. The first-order chi connectivity index (χ1) is 18.8. The van der Waals surface area contributed by atoms with Crippen LogP contribution in [0.1, 0.15) is 22.3 Å². The number of hydrogen-bond donors (Lipinski definition) is 3. The molecule has 0 saturated heterocycles. The topological polar surface area (TPSA) is 97.6 Å². The van der Waals surface area contributed by atoms with Crippen LogP contribution < -0.4 is 18.9 Å². The van der Waals surface area contributed by atoms with E-state index in [4.69, 9.17) is 24.1 Å². The molecule has 0 radical (unpaired) electrons. The van der Waals surface area contributed by atoms with Crippen LogP contribution in [0.25, 0.3) is 24.3 Å². The highest BCUT2D eigenvalue weighted by Crippen LogP contribution is 2.28. The molecule has 202 valence electrons. The Morgan fingerprint density at radius 1 is 0.436 bits per heavy atom. The van der Waals surface area contributed by atoms with Gasteiger partial charge in [0.2, 0.25) is 0 Å². The molecule has 4 rings (SSSR count). The van der Waals surface area contributed by atoms with Crippen LogP contribution in [-0.4, -0.2) is 43.8 Å². The van der Waals surface area contributed by atoms with Crippen molar-refractivity contribution in [2.45, 2.75) is 0 Å². The maximum absolute atomic E-state index is 9.30. The number of phenolic OH excluding ortho intramolecular Hbond substituents is 3. The van der Waals surface area contributed by atoms with Crippen LogP contribution in [0.2, 0.25) is 0 Å². The zero-order chi connectivity index (χ0) is 28.2. The van der Waals surface area contributed by atoms with Crippen molar-refractivity contribution in [1.82, 2.24) is 0 Å². The third kappa shape index (κ3) is 8.79. The molecule has 0 aliphatic heterocycles. The monoisotopic (exact) mass is 528 g/mol. The Kier molecular flexibility index (Phi) is 10.3. The van der Waals surface area contributed by atoms with Gasteiger partial charge >= 0.3 is 0 Å². The van der Waals surface area contributed by atoms with Crippen molar-refractivity contribution >= 4 is 24.3 Å². The third-order valence-electron chi connectivity index (χ3n) is 5.56. The summed E-state index contributed by atoms with van der Waals surface area (Å²) >= 11 is 0. The van der Waals surface area contributed by atoms with Gasteiger partial charge in [0.15, 0.2) is 0 Å². The van der Waals surface area contributed by atoms with Gasteiger partial charge in [0.25, 0.3) is 0 Å². The summed E-state index contributed by atoms with van der Waals surface area (Å²) in [7, 11) is 6.54. The summed E-state index contributed by atoms with van der Waals surface area (Å²) in [6.07, 6.45) is 7.56. The second-order valence-corrected chi connectivity index (χ2v) is 8.29. The molecule has 39 heavy (non-hydrogen) atoms. The van der Waals surface area contributed by atoms with Gasteiger partial charge in [0.1, 0.15) is 40.2 Å². The van der Waals surface area contributed by atoms with E-state index >= 15 is 0 Å². The third-order valence-corrected chi connectivity index (χ3v) is 5.56. The lowest BCUT2D eigenvalue weighted by Gasteiger charge is -2.08. The summed E-state index contributed by atoms with van der Waals surface area (Å²) < 4.78 is 21.1. The van der Waals surface area contributed by atoms with Crippen LogP contribution >= 0.6 is 0 Å². The van der Waals surface area contributed by atoms with Gasteiger partial charge in [-0.25, -0.2) is 0 Å². The fourth-order valence-corrected chi connectivity index (χ4v) is 3.56. The first kappa shape index (κ1) is 28.5. The van der Waals surface area contributed by atoms with Crippen molar-refractivity contribution in [2.75, 3.05) is 28.4 Å². The van der Waals surface area contributed by atoms with Crippen molar-refractivity contribution in [3.63, 3.8) is 0 Å². The van der Waals surface area contributed by atoms with Gasteiger partial charge in [-0.05, 0) is 65.2 Å². The summed E-state index contributed by atoms with van der Waals surface area (Å²) in [5.41, 5.74) is 3.57. The minimum absolute atomic E-state index is 0.0235. The van der Waals surface area contributed by atoms with E-state index in [1.807, 2.05) is 54.6 Å². The number of ether oxygens (including phenoxy) is 4. The molecule has 0 atom stereocenters. The van der Waals surface area contributed by atoms with Crippen LogP contribution in [0.4, 0.5) is 0 Å². The van der Waals surface area contributed by atoms with Gasteiger partial charge < -0.3 is 34.3 Å². The van der Waals surface area contributed by atoms with E-state index in [2.05, 4.69) is 0 Å². The summed E-state index contributed by atoms with van der Waals surface area (Å²) in [6.45, 7) is 0. The molecular formula is C32H32O7. The number of hydrogen-bond acceptors (Lipinski definition) is 7. The molecule has 4 aromatic rings. The van der Waals surface area contributed by atoms with Crippen LogP contribution in [0.3, 0.4) is 0 Å². The molecule has 0 bridgehead atoms. The molecule has 0 amide bonds. The quantitative estimate of drug-likeness (QED) is 0.215. The predicted molar refractivity (Wildman–Crippen MR) is 155 cm³/mol. The van der Waals surface area contributed by atoms with E-state index in [1.54, 1.807) is 70.9 Å². The molecule has 3 N–H and O–H groups in total. The van der Waals surface area contributed by atoms with Crippen molar-refractivity contribution < 1.29 is 34.3 Å². The molecule has 0 spiro atoms. The summed E-state index contributed by atoms with van der Waals surface area (Å²) in [4.78, 5) is 0. The van der Waals surface area contributed by atoms with Gasteiger partial charge in [-0.2, -0.15) is 0 Å². The highest BCUT2D eigenvalue weighted by atomic mass is 16.5. The summed E-state index contributed by atoms with van der Waals surface area (Å²) in [5, 5.41) is 27.7. The molecule has 0 aliphatic rings. The van der Waals surface area contributed by atoms with E-state index in [-0.39, 0.29) is 17.2 Å². The molecular weight excluding hydrogens is 496 g/mol. The largest absolute Gasteiger partial charge is 0.508 e. The van der Waals surface area contributed by atoms with E-state index in [9.17, 15) is 10.2 Å². The first-order valence-corrected chi connectivity index (χ1v) is 12.0. The molecule has 0 fully saturated rings. The highest BCUT2D eigenvalue weighted by Gasteiger charge is 2.03. The van der Waals surface area contributed by atoms with Gasteiger partial charge in [-0.3, -0.25) is 0 Å². The molecule has 0 aromatic heterocycles. The van der Waals surface area contributed by atoms with Crippen molar-refractivity contribution in [3.05, 3.63) is 101 Å². The van der Waals surface area contributed by atoms with Gasteiger partial charge in [-0.1, -0.05) is 36.4 Å². The fraction of sp³-hybridized carbons (Fsp3) is 0.125. The molecule has 0 heterocycles. The second-order valence-electron chi connectivity index (χ2n) is 8.29. The SMILES string of the molecule is COc1cc(/C=C/c2ccc(OC)cc2OC)cc(OC)c1.Oc1ccc(/C=C/c2cc(O)cc(O)c2)cc1. The Hall–Kier alpha value is -5.04. The van der Waals surface area contributed by atoms with Crippen LogP contribution in [0, 0.1) is 0 Å². The molecule has 0 aliphatic carbocycles. The smallest absolute Gasteiger partial charge is 0.129 e. The first-order valence-electron chi connectivity index (χ1n) is 12.0. The normalized spacial score (nSPS) is 10.7. The summed E-state index contributed by atoms with van der Waals surface area (Å²) in [5.74, 6) is 3.28. The predicted octanol–water partition coefficient (Wildman–Crippen LogP) is 6.87. The number of methoxy groups -OCH3 is 4. The standard InChI is InChI=1S/C18H20O4.C14H12O3/c1-19-15-8-7-14(18(12-15)22-4)6-5-13-9-16(20-2)11-17(10-13)21-3;15-12-5-3-10(4-6-12)1-2-11-7-13(16)9-14(17)8-11/h5-12H,1-4H3;1-9,15-17H/b6-5+;2-1+. The molecule has 0 saturated carbocycles. The maximum Gasteiger partial charge on any atom is 0.129 e. The van der Waals surface area contributed by atoms with Crippen LogP contribution in [0.15, 0.2) is 78.9 Å². The van der Waals surface area contributed by atoms with Gasteiger partial charge in [-0.15, -0.1) is 0 Å². The number of phenols is 3. The molecule has 4 aromatic carbocycles. The maximum atomic E-state index is 9.30. The average Bonchev–Trinajstić information content (AvgIpc) is 2.95. The lowest BCUT2D eigenvalue weighted by Crippen LogP contribution is -1.90. The van der Waals surface area contributed by atoms with Crippen molar-refractivity contribution in [2.24, 2.45) is 0 Å². The number of benzene rings is 4. The van der Waals surface area contributed by atoms with Crippen molar-refractivity contribution in [3.8, 4) is 40.2 Å². The highest BCUT2D eigenvalue weighted by molar-refractivity contribution is 5.74. The van der Waals surface area contributed by atoms with E-state index in [0.29, 0.717) is 5.56 Å². The van der Waals surface area contributed by atoms with E-state index in [0.717, 1.165) is 39.7 Å². The van der Waals surface area contributed by atoms with E-state index < -0.39 is 0 Å². The molecule has 7 nitrogen and oxygen atoms in total. The second kappa shape index (κ2) is 14.0. The van der Waals surface area contributed by atoms with Crippen molar-refractivity contribution in [1.29, 1.82) is 0 Å². The Morgan fingerprint density at radius 2 is 0.974 bits per heavy atom. The van der Waals surface area contributed by atoms with E-state index in [1.165, 1.54) is 6.07 Å². The van der Waals surface area contributed by atoms with Gasteiger partial charge in [0.05, 0.1) is 28.4 Å². The molecule has 7 heteroatoms. The molecule has 0 unspecified atom stereocenters. The minimum Gasteiger partial charge on any atom is -0.508 e. The zero-order valence-electron chi connectivity index (χ0n) is 22.3.